The van der Waals surface area contributed by atoms with Crippen LogP contribution in [0.2, 0.25) is 0 Å². The van der Waals surface area contributed by atoms with Gasteiger partial charge in [0, 0.05) is 12.6 Å². The Morgan fingerprint density at radius 2 is 2.40 bits per heavy atom. The molecule has 1 aromatic rings. The number of fused-ring (bicyclic) bond motifs is 1. The number of hydrogen-bond donors (Lipinski definition) is 3. The third-order valence-electron chi connectivity index (χ3n) is 2.89. The first-order valence-corrected chi connectivity index (χ1v) is 5.57. The van der Waals surface area contributed by atoms with Crippen LogP contribution >= 0.6 is 0 Å². The van der Waals surface area contributed by atoms with Crippen molar-refractivity contribution in [3.05, 3.63) is 29.3 Å². The van der Waals surface area contributed by atoms with Crippen molar-refractivity contribution in [3.63, 3.8) is 0 Å². The van der Waals surface area contributed by atoms with Crippen LogP contribution in [-0.2, 0) is 6.42 Å². The van der Waals surface area contributed by atoms with Crippen molar-refractivity contribution in [2.45, 2.75) is 19.4 Å². The van der Waals surface area contributed by atoms with Crippen LogP contribution in [0.3, 0.4) is 0 Å². The Bertz CT molecular complexity index is 338. The molecule has 0 amide bonds. The third kappa shape index (κ3) is 2.30. The molecule has 1 aliphatic heterocycles. The fourth-order valence-corrected chi connectivity index (χ4v) is 2.10. The second kappa shape index (κ2) is 4.64. The first-order chi connectivity index (χ1) is 7.31. The number of aromatic hydroxyl groups is 1. The van der Waals surface area contributed by atoms with Crippen LogP contribution in [0.15, 0.2) is 18.2 Å². The van der Waals surface area contributed by atoms with Gasteiger partial charge in [-0.3, -0.25) is 0 Å². The first kappa shape index (κ1) is 10.5. The van der Waals surface area contributed by atoms with Crippen molar-refractivity contribution in [2.24, 2.45) is 0 Å². The van der Waals surface area contributed by atoms with E-state index < -0.39 is 0 Å². The van der Waals surface area contributed by atoms with Crippen LogP contribution in [0.5, 0.6) is 5.75 Å². The van der Waals surface area contributed by atoms with E-state index in [4.69, 9.17) is 0 Å². The highest BCUT2D eigenvalue weighted by Gasteiger charge is 2.19. The summed E-state index contributed by atoms with van der Waals surface area (Å²) in [5.41, 5.74) is 2.59. The molecule has 0 fully saturated rings. The molecule has 0 spiro atoms. The summed E-state index contributed by atoms with van der Waals surface area (Å²) in [6.07, 6.45) is 1.05. The maximum absolute atomic E-state index is 9.48. The van der Waals surface area contributed by atoms with Crippen molar-refractivity contribution >= 4 is 0 Å². The molecular formula is C12H18N2O. The summed E-state index contributed by atoms with van der Waals surface area (Å²) in [5.74, 6) is 0.360. The van der Waals surface area contributed by atoms with E-state index in [0.29, 0.717) is 11.8 Å². The van der Waals surface area contributed by atoms with Crippen LogP contribution < -0.4 is 10.6 Å². The lowest BCUT2D eigenvalue weighted by molar-refractivity contribution is 0.455. The normalized spacial score (nSPS) is 19.9. The van der Waals surface area contributed by atoms with Gasteiger partial charge in [0.25, 0.3) is 0 Å². The zero-order valence-electron chi connectivity index (χ0n) is 9.09. The molecule has 1 heterocycles. The molecule has 1 atom stereocenters. The predicted octanol–water partition coefficient (Wildman–Crippen LogP) is 1.19. The minimum absolute atomic E-state index is 0.334. The van der Waals surface area contributed by atoms with E-state index in [1.54, 1.807) is 6.07 Å². The number of hydrogen-bond acceptors (Lipinski definition) is 3. The molecule has 1 aromatic carbocycles. The van der Waals surface area contributed by atoms with Crippen molar-refractivity contribution in [2.75, 3.05) is 19.6 Å². The smallest absolute Gasteiger partial charge is 0.115 e. The Kier molecular flexibility index (Phi) is 3.23. The topological polar surface area (TPSA) is 44.3 Å². The number of rotatable bonds is 3. The van der Waals surface area contributed by atoms with Gasteiger partial charge < -0.3 is 15.7 Å². The Balaban J connectivity index is 2.20. The van der Waals surface area contributed by atoms with Gasteiger partial charge in [-0.15, -0.1) is 0 Å². The van der Waals surface area contributed by atoms with Crippen molar-refractivity contribution in [1.29, 1.82) is 0 Å². The number of benzene rings is 1. The molecule has 0 bridgehead atoms. The van der Waals surface area contributed by atoms with Gasteiger partial charge in [-0.2, -0.15) is 0 Å². The molecule has 0 aliphatic carbocycles. The Labute approximate surface area is 90.5 Å². The molecule has 0 saturated heterocycles. The molecule has 1 aliphatic rings. The van der Waals surface area contributed by atoms with Gasteiger partial charge >= 0.3 is 0 Å². The van der Waals surface area contributed by atoms with Gasteiger partial charge in [-0.1, -0.05) is 13.0 Å². The lowest BCUT2D eigenvalue weighted by Crippen LogP contribution is -2.36. The summed E-state index contributed by atoms with van der Waals surface area (Å²) >= 11 is 0. The molecule has 0 radical (unpaired) electrons. The van der Waals surface area contributed by atoms with Gasteiger partial charge in [0.05, 0.1) is 0 Å². The van der Waals surface area contributed by atoms with Gasteiger partial charge in [-0.25, -0.2) is 0 Å². The third-order valence-corrected chi connectivity index (χ3v) is 2.89. The van der Waals surface area contributed by atoms with Gasteiger partial charge in [0.15, 0.2) is 0 Å². The minimum Gasteiger partial charge on any atom is -0.508 e. The second-order valence-electron chi connectivity index (χ2n) is 3.95. The average Bonchev–Trinajstić information content (AvgIpc) is 2.26. The maximum atomic E-state index is 9.48. The summed E-state index contributed by atoms with van der Waals surface area (Å²) < 4.78 is 0. The fourth-order valence-electron chi connectivity index (χ4n) is 2.10. The van der Waals surface area contributed by atoms with E-state index in [1.807, 2.05) is 12.1 Å². The predicted molar refractivity (Wildman–Crippen MR) is 61.1 cm³/mol. The summed E-state index contributed by atoms with van der Waals surface area (Å²) in [6.45, 7) is 5.03. The second-order valence-corrected chi connectivity index (χ2v) is 3.95. The molecule has 15 heavy (non-hydrogen) atoms. The van der Waals surface area contributed by atoms with Gasteiger partial charge in [-0.05, 0) is 42.8 Å². The van der Waals surface area contributed by atoms with Crippen LogP contribution in [0.1, 0.15) is 24.1 Å². The quantitative estimate of drug-likeness (QED) is 0.696. The summed E-state index contributed by atoms with van der Waals surface area (Å²) in [5, 5.41) is 16.3. The highest BCUT2D eigenvalue weighted by Crippen LogP contribution is 2.25. The standard InChI is InChI=1S/C12H18N2O/c1-2-13-8-12-11-7-10(15)4-3-9(11)5-6-14-12/h3-4,7,12-15H,2,5-6,8H2,1H3. The molecule has 2 rings (SSSR count). The van der Waals surface area contributed by atoms with Crippen LogP contribution in [0.4, 0.5) is 0 Å². The van der Waals surface area contributed by atoms with Crippen molar-refractivity contribution in [1.82, 2.24) is 10.6 Å². The van der Waals surface area contributed by atoms with Gasteiger partial charge in [0.2, 0.25) is 0 Å². The molecule has 3 N–H and O–H groups in total. The highest BCUT2D eigenvalue weighted by atomic mass is 16.3. The highest BCUT2D eigenvalue weighted by molar-refractivity contribution is 5.38. The van der Waals surface area contributed by atoms with E-state index in [0.717, 1.165) is 26.1 Å². The Morgan fingerprint density at radius 3 is 3.20 bits per heavy atom. The number of phenols is 1. The molecule has 3 nitrogen and oxygen atoms in total. The molecule has 0 saturated carbocycles. The zero-order chi connectivity index (χ0) is 10.7. The number of nitrogens with one attached hydrogen (secondary N) is 2. The Hall–Kier alpha value is -1.06. The van der Waals surface area contributed by atoms with E-state index in [9.17, 15) is 5.11 Å². The summed E-state index contributed by atoms with van der Waals surface area (Å²) in [7, 11) is 0. The largest absolute Gasteiger partial charge is 0.508 e. The van der Waals surface area contributed by atoms with Crippen LogP contribution in [0, 0.1) is 0 Å². The average molecular weight is 206 g/mol. The molecule has 0 aromatic heterocycles. The van der Waals surface area contributed by atoms with E-state index >= 15 is 0 Å². The Morgan fingerprint density at radius 1 is 1.53 bits per heavy atom. The van der Waals surface area contributed by atoms with E-state index in [1.165, 1.54) is 11.1 Å². The monoisotopic (exact) mass is 206 g/mol. The lowest BCUT2D eigenvalue weighted by Gasteiger charge is -2.27. The van der Waals surface area contributed by atoms with Gasteiger partial charge in [0.1, 0.15) is 5.75 Å². The molecule has 82 valence electrons. The first-order valence-electron chi connectivity index (χ1n) is 5.57. The molecule has 3 heteroatoms. The summed E-state index contributed by atoms with van der Waals surface area (Å²) in [4.78, 5) is 0. The SMILES string of the molecule is CCNCC1NCCc2ccc(O)cc21. The maximum Gasteiger partial charge on any atom is 0.115 e. The molecule has 1 unspecified atom stereocenters. The van der Waals surface area contributed by atoms with E-state index in [2.05, 4.69) is 17.6 Å². The number of phenolic OH excluding ortho intramolecular Hbond substituents is 1. The van der Waals surface area contributed by atoms with Crippen molar-refractivity contribution in [3.8, 4) is 5.75 Å². The summed E-state index contributed by atoms with van der Waals surface area (Å²) in [6, 6.07) is 6.02. The van der Waals surface area contributed by atoms with Crippen LogP contribution in [0.25, 0.3) is 0 Å². The lowest BCUT2D eigenvalue weighted by atomic mass is 9.94. The zero-order valence-corrected chi connectivity index (χ0v) is 9.09. The molecular weight excluding hydrogens is 188 g/mol. The van der Waals surface area contributed by atoms with Crippen LogP contribution in [-0.4, -0.2) is 24.7 Å². The van der Waals surface area contributed by atoms with Crippen molar-refractivity contribution < 1.29 is 5.11 Å². The van der Waals surface area contributed by atoms with E-state index in [-0.39, 0.29) is 0 Å². The minimum atomic E-state index is 0.334. The number of likely N-dealkylation sites (N-methyl/N-ethyl adjacent to an activating group) is 1. The fraction of sp³-hybridized carbons (Fsp3) is 0.500.